The minimum atomic E-state index is -0.560. The van der Waals surface area contributed by atoms with Gasteiger partial charge in [-0.05, 0) is 38.1 Å². The summed E-state index contributed by atoms with van der Waals surface area (Å²) in [6, 6.07) is 8.67. The second-order valence-corrected chi connectivity index (χ2v) is 4.34. The minimum absolute atomic E-state index is 0.0652. The molecule has 0 aliphatic heterocycles. The molecule has 0 spiro atoms. The van der Waals surface area contributed by atoms with Crippen LogP contribution in [0.3, 0.4) is 0 Å². The molecule has 6 heteroatoms. The molecule has 0 fully saturated rings. The van der Waals surface area contributed by atoms with Crippen LogP contribution in [0.4, 0.5) is 5.69 Å². The normalized spacial score (nSPS) is 12.2. The number of benzene rings is 1. The Kier molecular flexibility index (Phi) is 6.78. The molecule has 0 aliphatic rings. The Morgan fingerprint density at radius 3 is 2.67 bits per heavy atom. The van der Waals surface area contributed by atoms with Crippen molar-refractivity contribution in [2.24, 2.45) is 0 Å². The number of aliphatic hydroxyl groups excluding tert-OH is 1. The molecule has 0 aliphatic carbocycles. The van der Waals surface area contributed by atoms with Crippen molar-refractivity contribution in [1.82, 2.24) is 5.32 Å². The number of ether oxygens (including phenoxy) is 1. The zero-order valence-corrected chi connectivity index (χ0v) is 12.1. The number of hydrogen-bond acceptors (Lipinski definition) is 5. The molecule has 1 atom stereocenters. The maximum absolute atomic E-state index is 11.9. The van der Waals surface area contributed by atoms with Gasteiger partial charge in [-0.15, -0.1) is 0 Å². The first-order valence-corrected chi connectivity index (χ1v) is 6.62. The number of hydrogen-bond donors (Lipinski definition) is 3. The average Bonchev–Trinajstić information content (AvgIpc) is 2.45. The third-order valence-corrected chi connectivity index (χ3v) is 2.45. The van der Waals surface area contributed by atoms with E-state index in [1.165, 1.54) is 6.20 Å². The predicted molar refractivity (Wildman–Crippen MR) is 79.6 cm³/mol. The Bertz CT molecular complexity index is 530. The lowest BCUT2D eigenvalue weighted by Gasteiger charge is -2.07. The number of nitriles is 1. The van der Waals surface area contributed by atoms with E-state index in [-0.39, 0.29) is 12.1 Å². The quantitative estimate of drug-likeness (QED) is 0.521. The Morgan fingerprint density at radius 2 is 2.14 bits per heavy atom. The molecule has 3 N–H and O–H groups in total. The van der Waals surface area contributed by atoms with Crippen LogP contribution in [-0.4, -0.2) is 30.3 Å². The maximum atomic E-state index is 11.9. The molecular formula is C15H19N3O3. The lowest BCUT2D eigenvalue weighted by atomic mass is 10.2. The van der Waals surface area contributed by atoms with Gasteiger partial charge in [0.25, 0.3) is 5.91 Å². The van der Waals surface area contributed by atoms with E-state index in [1.54, 1.807) is 31.2 Å². The summed E-state index contributed by atoms with van der Waals surface area (Å²) in [5, 5.41) is 23.4. The fourth-order valence-corrected chi connectivity index (χ4v) is 1.48. The Balaban J connectivity index is 2.63. The summed E-state index contributed by atoms with van der Waals surface area (Å²) in [6.45, 7) is 4.33. The summed E-state index contributed by atoms with van der Waals surface area (Å²) in [5.41, 5.74) is 0.504. The highest BCUT2D eigenvalue weighted by Gasteiger charge is 2.09. The second-order valence-electron chi connectivity index (χ2n) is 4.34. The summed E-state index contributed by atoms with van der Waals surface area (Å²) < 4.78 is 5.30. The fourth-order valence-electron chi connectivity index (χ4n) is 1.48. The summed E-state index contributed by atoms with van der Waals surface area (Å²) >= 11 is 0. The standard InChI is InChI=1S/C15H19N3O3/c1-3-21-14-6-4-13(5-7-14)18-15(20)12(8-16)10-17-9-11(2)19/h4-7,10-11,17,19H,3,9H2,1-2H3,(H,18,20)/b12-10-. The zero-order chi connectivity index (χ0) is 15.7. The van der Waals surface area contributed by atoms with Gasteiger partial charge in [0, 0.05) is 18.4 Å². The first-order chi connectivity index (χ1) is 10.1. The van der Waals surface area contributed by atoms with E-state index < -0.39 is 12.0 Å². The molecule has 1 unspecified atom stereocenters. The number of carbonyl (C=O) groups excluding carboxylic acids is 1. The van der Waals surface area contributed by atoms with Crippen LogP contribution in [0, 0.1) is 11.3 Å². The average molecular weight is 289 g/mol. The number of rotatable bonds is 7. The first kappa shape index (κ1) is 16.5. The SMILES string of the molecule is CCOc1ccc(NC(=O)/C(C#N)=C\NCC(C)O)cc1. The summed E-state index contributed by atoms with van der Waals surface area (Å²) in [5.74, 6) is 0.199. The molecule has 1 aromatic rings. The van der Waals surface area contributed by atoms with E-state index in [4.69, 9.17) is 15.1 Å². The monoisotopic (exact) mass is 289 g/mol. The van der Waals surface area contributed by atoms with Crippen molar-refractivity contribution < 1.29 is 14.6 Å². The van der Waals surface area contributed by atoms with E-state index in [0.717, 1.165) is 0 Å². The van der Waals surface area contributed by atoms with Crippen molar-refractivity contribution in [3.05, 3.63) is 36.0 Å². The van der Waals surface area contributed by atoms with Gasteiger partial charge in [-0.2, -0.15) is 5.26 Å². The highest BCUT2D eigenvalue weighted by Crippen LogP contribution is 2.16. The van der Waals surface area contributed by atoms with Gasteiger partial charge in [-0.3, -0.25) is 4.79 Å². The van der Waals surface area contributed by atoms with Gasteiger partial charge in [0.2, 0.25) is 0 Å². The fraction of sp³-hybridized carbons (Fsp3) is 0.333. The van der Waals surface area contributed by atoms with E-state index in [1.807, 2.05) is 13.0 Å². The molecule has 0 saturated carbocycles. The number of amides is 1. The molecule has 0 aromatic heterocycles. The molecular weight excluding hydrogens is 270 g/mol. The third-order valence-electron chi connectivity index (χ3n) is 2.45. The van der Waals surface area contributed by atoms with Gasteiger partial charge < -0.3 is 20.5 Å². The van der Waals surface area contributed by atoms with Gasteiger partial charge in [0.1, 0.15) is 17.4 Å². The molecule has 0 saturated heterocycles. The lowest BCUT2D eigenvalue weighted by Crippen LogP contribution is -2.22. The number of nitrogens with one attached hydrogen (secondary N) is 2. The number of nitrogens with zero attached hydrogens (tertiary/aromatic N) is 1. The highest BCUT2D eigenvalue weighted by atomic mass is 16.5. The van der Waals surface area contributed by atoms with Crippen LogP contribution in [-0.2, 0) is 4.79 Å². The Labute approximate surface area is 124 Å². The second kappa shape index (κ2) is 8.61. The first-order valence-electron chi connectivity index (χ1n) is 6.62. The van der Waals surface area contributed by atoms with Gasteiger partial charge in [0.05, 0.1) is 12.7 Å². The molecule has 21 heavy (non-hydrogen) atoms. The largest absolute Gasteiger partial charge is 0.494 e. The van der Waals surface area contributed by atoms with Crippen LogP contribution in [0.15, 0.2) is 36.0 Å². The molecule has 1 rings (SSSR count). The van der Waals surface area contributed by atoms with E-state index >= 15 is 0 Å². The van der Waals surface area contributed by atoms with Crippen LogP contribution in [0.2, 0.25) is 0 Å². The topological polar surface area (TPSA) is 94.4 Å². The van der Waals surface area contributed by atoms with Crippen molar-refractivity contribution in [3.63, 3.8) is 0 Å². The Morgan fingerprint density at radius 1 is 1.48 bits per heavy atom. The summed E-state index contributed by atoms with van der Waals surface area (Å²) in [4.78, 5) is 11.9. The molecule has 0 bridgehead atoms. The smallest absolute Gasteiger partial charge is 0.267 e. The number of carbonyl (C=O) groups is 1. The molecule has 1 aromatic carbocycles. The van der Waals surface area contributed by atoms with E-state index in [2.05, 4.69) is 10.6 Å². The van der Waals surface area contributed by atoms with Crippen LogP contribution in [0.1, 0.15) is 13.8 Å². The predicted octanol–water partition coefficient (Wildman–Crippen LogP) is 1.40. The summed E-state index contributed by atoms with van der Waals surface area (Å²) in [6.07, 6.45) is 0.728. The van der Waals surface area contributed by atoms with Crippen molar-refractivity contribution in [2.75, 3.05) is 18.5 Å². The van der Waals surface area contributed by atoms with E-state index in [9.17, 15) is 4.79 Å². The van der Waals surface area contributed by atoms with E-state index in [0.29, 0.717) is 18.0 Å². The van der Waals surface area contributed by atoms with Crippen LogP contribution in [0.25, 0.3) is 0 Å². The van der Waals surface area contributed by atoms with Crippen LogP contribution in [0.5, 0.6) is 5.75 Å². The maximum Gasteiger partial charge on any atom is 0.267 e. The number of aliphatic hydroxyl groups is 1. The third kappa shape index (κ3) is 5.97. The summed E-state index contributed by atoms with van der Waals surface area (Å²) in [7, 11) is 0. The van der Waals surface area contributed by atoms with Gasteiger partial charge >= 0.3 is 0 Å². The highest BCUT2D eigenvalue weighted by molar-refractivity contribution is 6.06. The van der Waals surface area contributed by atoms with Gasteiger partial charge in [-0.1, -0.05) is 0 Å². The van der Waals surface area contributed by atoms with Crippen molar-refractivity contribution >= 4 is 11.6 Å². The molecule has 6 nitrogen and oxygen atoms in total. The van der Waals surface area contributed by atoms with Crippen LogP contribution < -0.4 is 15.4 Å². The minimum Gasteiger partial charge on any atom is -0.494 e. The zero-order valence-electron chi connectivity index (χ0n) is 12.1. The van der Waals surface area contributed by atoms with Gasteiger partial charge in [-0.25, -0.2) is 0 Å². The van der Waals surface area contributed by atoms with Gasteiger partial charge in [0.15, 0.2) is 0 Å². The molecule has 112 valence electrons. The Hall–Kier alpha value is -2.52. The van der Waals surface area contributed by atoms with Crippen molar-refractivity contribution in [1.29, 1.82) is 5.26 Å². The molecule has 1 amide bonds. The number of anilines is 1. The van der Waals surface area contributed by atoms with Crippen LogP contribution >= 0.6 is 0 Å². The van der Waals surface area contributed by atoms with Crippen molar-refractivity contribution in [2.45, 2.75) is 20.0 Å². The molecule has 0 radical (unpaired) electrons. The lowest BCUT2D eigenvalue weighted by molar-refractivity contribution is -0.112. The van der Waals surface area contributed by atoms with Crippen molar-refractivity contribution in [3.8, 4) is 11.8 Å². The molecule has 0 heterocycles.